The van der Waals surface area contributed by atoms with Gasteiger partial charge in [0, 0.05) is 6.61 Å². The standard InChI is InChI=1S/C5H12O.Mg.2H/c1-5(2,3)4-6;;;/h6H,4H2,1-3H3;;;/q;+2;2*-1. The first-order chi connectivity index (χ1) is 2.56. The maximum atomic E-state index is 8.40. The third kappa shape index (κ3) is 10.8. The number of aliphatic hydroxyl groups excluding tert-OH is 1. The molecule has 0 saturated carbocycles. The Hall–Kier alpha value is 0.726. The van der Waals surface area contributed by atoms with E-state index in [9.17, 15) is 0 Å². The molecule has 1 nitrogen and oxygen atoms in total. The van der Waals surface area contributed by atoms with Crippen LogP contribution < -0.4 is 0 Å². The topological polar surface area (TPSA) is 20.2 Å². The molecule has 0 spiro atoms. The van der Waals surface area contributed by atoms with Gasteiger partial charge < -0.3 is 7.96 Å². The summed E-state index contributed by atoms with van der Waals surface area (Å²) in [5.74, 6) is 0. The Kier molecular flexibility index (Phi) is 5.63. The summed E-state index contributed by atoms with van der Waals surface area (Å²) >= 11 is 0. The van der Waals surface area contributed by atoms with Crippen LogP contribution in [0.15, 0.2) is 0 Å². The van der Waals surface area contributed by atoms with Crippen molar-refractivity contribution in [2.24, 2.45) is 5.41 Å². The fourth-order valence-corrected chi connectivity index (χ4v) is 0. The van der Waals surface area contributed by atoms with E-state index in [-0.39, 0.29) is 37.9 Å². The molecule has 0 aliphatic heterocycles. The van der Waals surface area contributed by atoms with Crippen LogP contribution in [-0.4, -0.2) is 34.8 Å². The third-order valence-corrected chi connectivity index (χ3v) is 0.474. The van der Waals surface area contributed by atoms with Gasteiger partial charge in [0.05, 0.1) is 0 Å². The smallest absolute Gasteiger partial charge is 1.00 e. The van der Waals surface area contributed by atoms with Crippen molar-refractivity contribution in [1.29, 1.82) is 0 Å². The summed E-state index contributed by atoms with van der Waals surface area (Å²) in [4.78, 5) is 0. The summed E-state index contributed by atoms with van der Waals surface area (Å²) in [5, 5.41) is 8.40. The van der Waals surface area contributed by atoms with Crippen molar-refractivity contribution < 1.29 is 7.96 Å². The van der Waals surface area contributed by atoms with Crippen LogP contribution in [0.2, 0.25) is 0 Å². The molecule has 0 aromatic carbocycles. The van der Waals surface area contributed by atoms with Crippen molar-refractivity contribution in [3.05, 3.63) is 0 Å². The van der Waals surface area contributed by atoms with Gasteiger partial charge in [0.15, 0.2) is 0 Å². The number of aliphatic hydroxyl groups is 1. The van der Waals surface area contributed by atoms with Crippen LogP contribution in [-0.2, 0) is 0 Å². The van der Waals surface area contributed by atoms with E-state index in [1.165, 1.54) is 0 Å². The second-order valence-corrected chi connectivity index (χ2v) is 2.72. The van der Waals surface area contributed by atoms with Crippen LogP contribution in [0.3, 0.4) is 0 Å². The maximum Gasteiger partial charge on any atom is 2.00 e. The molecule has 0 fully saturated rings. The molecule has 0 unspecified atom stereocenters. The minimum atomic E-state index is 0. The average Bonchev–Trinajstić information content (AvgIpc) is 1.35. The van der Waals surface area contributed by atoms with Gasteiger partial charge in [-0.05, 0) is 5.41 Å². The molecule has 0 heterocycles. The van der Waals surface area contributed by atoms with Crippen molar-refractivity contribution in [2.75, 3.05) is 6.61 Å². The number of hydrogen-bond acceptors (Lipinski definition) is 1. The van der Waals surface area contributed by atoms with E-state index in [0.29, 0.717) is 0 Å². The Balaban J connectivity index is -0.0000000417. The fourth-order valence-electron chi connectivity index (χ4n) is 0. The molecular weight excluding hydrogens is 100 g/mol. The van der Waals surface area contributed by atoms with E-state index in [1.807, 2.05) is 20.8 Å². The zero-order valence-electron chi connectivity index (χ0n) is 7.36. The third-order valence-electron chi connectivity index (χ3n) is 0.474. The van der Waals surface area contributed by atoms with E-state index in [4.69, 9.17) is 5.11 Å². The normalized spacial score (nSPS) is 10.3. The quantitative estimate of drug-likeness (QED) is 0.464. The maximum absolute atomic E-state index is 8.40. The Labute approximate surface area is 64.2 Å². The van der Waals surface area contributed by atoms with Gasteiger partial charge >= 0.3 is 23.1 Å². The average molecular weight is 114 g/mol. The molecule has 0 aromatic heterocycles. The molecular formula is C5H14MgO. The van der Waals surface area contributed by atoms with Crippen molar-refractivity contribution in [2.45, 2.75) is 20.8 Å². The molecule has 2 heteroatoms. The number of rotatable bonds is 0. The Bertz CT molecular complexity index is 44.7. The van der Waals surface area contributed by atoms with Gasteiger partial charge in [0.2, 0.25) is 0 Å². The molecule has 0 bridgehead atoms. The molecule has 0 rings (SSSR count). The Morgan fingerprint density at radius 1 is 1.43 bits per heavy atom. The van der Waals surface area contributed by atoms with Gasteiger partial charge in [0.25, 0.3) is 0 Å². The first kappa shape index (κ1) is 10.7. The Morgan fingerprint density at radius 2 is 1.57 bits per heavy atom. The van der Waals surface area contributed by atoms with Crippen LogP contribution in [0.4, 0.5) is 0 Å². The van der Waals surface area contributed by atoms with E-state index >= 15 is 0 Å². The summed E-state index contributed by atoms with van der Waals surface area (Å²) in [7, 11) is 0. The van der Waals surface area contributed by atoms with Crippen LogP contribution in [0, 0.1) is 5.41 Å². The van der Waals surface area contributed by atoms with Crippen molar-refractivity contribution in [3.63, 3.8) is 0 Å². The number of hydrogen-bond donors (Lipinski definition) is 1. The van der Waals surface area contributed by atoms with Gasteiger partial charge in [0.1, 0.15) is 0 Å². The molecule has 0 aliphatic carbocycles. The fraction of sp³-hybridized carbons (Fsp3) is 1.00. The molecule has 0 radical (unpaired) electrons. The van der Waals surface area contributed by atoms with Crippen molar-refractivity contribution in [1.82, 2.24) is 0 Å². The minimum Gasteiger partial charge on any atom is -1.00 e. The van der Waals surface area contributed by atoms with Crippen LogP contribution >= 0.6 is 0 Å². The molecule has 0 aliphatic rings. The molecule has 0 aromatic rings. The van der Waals surface area contributed by atoms with E-state index in [1.54, 1.807) is 0 Å². The largest absolute Gasteiger partial charge is 2.00 e. The van der Waals surface area contributed by atoms with Crippen LogP contribution in [0.1, 0.15) is 23.6 Å². The summed E-state index contributed by atoms with van der Waals surface area (Å²) in [6, 6.07) is 0. The summed E-state index contributed by atoms with van der Waals surface area (Å²) in [5.41, 5.74) is 0.0972. The van der Waals surface area contributed by atoms with Crippen molar-refractivity contribution in [3.8, 4) is 0 Å². The first-order valence-corrected chi connectivity index (χ1v) is 2.17. The molecule has 1 N–H and O–H groups in total. The summed E-state index contributed by atoms with van der Waals surface area (Å²) in [6.45, 7) is 6.25. The van der Waals surface area contributed by atoms with Crippen molar-refractivity contribution >= 4 is 23.1 Å². The Morgan fingerprint density at radius 3 is 1.57 bits per heavy atom. The zero-order chi connectivity index (χ0) is 5.21. The second kappa shape index (κ2) is 3.69. The van der Waals surface area contributed by atoms with Gasteiger partial charge in [-0.1, -0.05) is 20.8 Å². The van der Waals surface area contributed by atoms with Crippen LogP contribution in [0.25, 0.3) is 0 Å². The molecule has 0 atom stereocenters. The van der Waals surface area contributed by atoms with Gasteiger partial charge in [-0.25, -0.2) is 0 Å². The predicted molar refractivity (Wildman–Crippen MR) is 34.5 cm³/mol. The predicted octanol–water partition coefficient (Wildman–Crippen LogP) is 0.869. The molecule has 42 valence electrons. The monoisotopic (exact) mass is 114 g/mol. The van der Waals surface area contributed by atoms with Gasteiger partial charge in [-0.3, -0.25) is 0 Å². The summed E-state index contributed by atoms with van der Waals surface area (Å²) in [6.07, 6.45) is 0. The minimum absolute atomic E-state index is 0. The summed E-state index contributed by atoms with van der Waals surface area (Å²) < 4.78 is 0. The zero-order valence-corrected chi connectivity index (χ0v) is 6.78. The molecule has 7 heavy (non-hydrogen) atoms. The van der Waals surface area contributed by atoms with Gasteiger partial charge in [-0.15, -0.1) is 0 Å². The molecule has 0 saturated heterocycles. The van der Waals surface area contributed by atoms with Crippen LogP contribution in [0.5, 0.6) is 0 Å². The molecule has 0 amide bonds. The van der Waals surface area contributed by atoms with E-state index in [0.717, 1.165) is 0 Å². The van der Waals surface area contributed by atoms with E-state index < -0.39 is 0 Å². The first-order valence-electron chi connectivity index (χ1n) is 2.17. The van der Waals surface area contributed by atoms with Gasteiger partial charge in [-0.2, -0.15) is 0 Å². The second-order valence-electron chi connectivity index (χ2n) is 2.72. The van der Waals surface area contributed by atoms with E-state index in [2.05, 4.69) is 0 Å². The SMILES string of the molecule is CC(C)(C)CO.[H-].[H-].[Mg+2].